The van der Waals surface area contributed by atoms with Crippen LogP contribution in [0.15, 0.2) is 54.6 Å². The molecule has 0 aliphatic carbocycles. The lowest BCUT2D eigenvalue weighted by atomic mass is 10.1. The number of phenols is 1. The maximum Gasteiger partial charge on any atom is 0.224 e. The monoisotopic (exact) mass is 335 g/mol. The molecule has 25 heavy (non-hydrogen) atoms. The standard InChI is InChI=1S/C20H21N3O2/c1-14-12-15(2)23(22-14)18-9-6-16(7-10-18)8-11-20(25)21-17-4-3-5-19(24)13-17/h3-7,9-10,12-13,24H,8,11H2,1-2H3,(H,21,25). The van der Waals surface area contributed by atoms with Gasteiger partial charge in [0.15, 0.2) is 0 Å². The summed E-state index contributed by atoms with van der Waals surface area (Å²) in [5, 5.41) is 16.7. The Morgan fingerprint density at radius 1 is 1.12 bits per heavy atom. The van der Waals surface area contributed by atoms with Crippen molar-refractivity contribution in [2.75, 3.05) is 5.32 Å². The highest BCUT2D eigenvalue weighted by Crippen LogP contribution is 2.17. The van der Waals surface area contributed by atoms with Crippen molar-refractivity contribution in [2.45, 2.75) is 26.7 Å². The molecule has 1 amide bonds. The van der Waals surface area contributed by atoms with Crippen LogP contribution in [-0.4, -0.2) is 20.8 Å². The molecule has 0 spiro atoms. The minimum absolute atomic E-state index is 0.0757. The third-order valence-electron chi connectivity index (χ3n) is 3.96. The first-order chi connectivity index (χ1) is 12.0. The molecule has 0 radical (unpaired) electrons. The van der Waals surface area contributed by atoms with E-state index in [1.807, 2.05) is 48.9 Å². The maximum atomic E-state index is 12.0. The van der Waals surface area contributed by atoms with Crippen LogP contribution in [0.25, 0.3) is 5.69 Å². The zero-order chi connectivity index (χ0) is 17.8. The number of phenolic OH excluding ortho intramolecular Hbond substituents is 1. The number of aromatic nitrogens is 2. The Hall–Kier alpha value is -3.08. The summed E-state index contributed by atoms with van der Waals surface area (Å²) in [6.07, 6.45) is 1.04. The molecule has 0 bridgehead atoms. The number of benzene rings is 2. The van der Waals surface area contributed by atoms with E-state index in [1.165, 1.54) is 6.07 Å². The van der Waals surface area contributed by atoms with Gasteiger partial charge in [-0.3, -0.25) is 4.79 Å². The smallest absolute Gasteiger partial charge is 0.224 e. The van der Waals surface area contributed by atoms with Gasteiger partial charge in [0.05, 0.1) is 11.4 Å². The summed E-state index contributed by atoms with van der Waals surface area (Å²) in [4.78, 5) is 12.0. The minimum atomic E-state index is -0.0757. The molecule has 0 unspecified atom stereocenters. The largest absolute Gasteiger partial charge is 0.508 e. The number of hydrogen-bond donors (Lipinski definition) is 2. The second-order valence-corrected chi connectivity index (χ2v) is 6.10. The van der Waals surface area contributed by atoms with Gasteiger partial charge < -0.3 is 10.4 Å². The molecule has 5 nitrogen and oxygen atoms in total. The molecule has 0 aliphatic rings. The van der Waals surface area contributed by atoms with Crippen LogP contribution in [0, 0.1) is 13.8 Å². The van der Waals surface area contributed by atoms with Gasteiger partial charge in [0.25, 0.3) is 0 Å². The Kier molecular flexibility index (Phi) is 4.84. The van der Waals surface area contributed by atoms with E-state index in [4.69, 9.17) is 0 Å². The number of carbonyl (C=O) groups is 1. The number of rotatable bonds is 5. The van der Waals surface area contributed by atoms with Crippen LogP contribution in [0.3, 0.4) is 0 Å². The molecule has 0 aliphatic heterocycles. The molecule has 3 rings (SSSR count). The highest BCUT2D eigenvalue weighted by Gasteiger charge is 2.06. The van der Waals surface area contributed by atoms with Gasteiger partial charge in [-0.2, -0.15) is 5.10 Å². The van der Waals surface area contributed by atoms with Crippen molar-refractivity contribution in [3.63, 3.8) is 0 Å². The number of amides is 1. The van der Waals surface area contributed by atoms with Crippen LogP contribution in [0.1, 0.15) is 23.4 Å². The average molecular weight is 335 g/mol. The lowest BCUT2D eigenvalue weighted by Crippen LogP contribution is -2.12. The summed E-state index contributed by atoms with van der Waals surface area (Å²) in [5.74, 6) is 0.0609. The van der Waals surface area contributed by atoms with Gasteiger partial charge in [-0.15, -0.1) is 0 Å². The molecule has 1 heterocycles. The first-order valence-corrected chi connectivity index (χ1v) is 8.23. The lowest BCUT2D eigenvalue weighted by molar-refractivity contribution is -0.116. The van der Waals surface area contributed by atoms with Crippen LogP contribution in [0.2, 0.25) is 0 Å². The molecule has 3 aromatic rings. The Balaban J connectivity index is 1.58. The average Bonchev–Trinajstić information content (AvgIpc) is 2.92. The van der Waals surface area contributed by atoms with Crippen molar-refractivity contribution in [3.8, 4) is 11.4 Å². The van der Waals surface area contributed by atoms with Gasteiger partial charge in [0.1, 0.15) is 5.75 Å². The van der Waals surface area contributed by atoms with Gasteiger partial charge in [0.2, 0.25) is 5.91 Å². The summed E-state index contributed by atoms with van der Waals surface area (Å²) in [7, 11) is 0. The summed E-state index contributed by atoms with van der Waals surface area (Å²) < 4.78 is 1.91. The molecular weight excluding hydrogens is 314 g/mol. The Morgan fingerprint density at radius 3 is 2.52 bits per heavy atom. The number of nitrogens with zero attached hydrogens (tertiary/aromatic N) is 2. The van der Waals surface area contributed by atoms with Crippen molar-refractivity contribution < 1.29 is 9.90 Å². The van der Waals surface area contributed by atoms with Crippen molar-refractivity contribution in [3.05, 3.63) is 71.5 Å². The fourth-order valence-corrected chi connectivity index (χ4v) is 2.76. The quantitative estimate of drug-likeness (QED) is 0.746. The SMILES string of the molecule is Cc1cc(C)n(-c2ccc(CCC(=O)Nc3cccc(O)c3)cc2)n1. The Morgan fingerprint density at radius 2 is 1.88 bits per heavy atom. The van der Waals surface area contributed by atoms with Gasteiger partial charge >= 0.3 is 0 Å². The first-order valence-electron chi connectivity index (χ1n) is 8.23. The van der Waals surface area contributed by atoms with Gasteiger partial charge in [-0.05, 0) is 56.2 Å². The number of aryl methyl sites for hydroxylation is 3. The van der Waals surface area contributed by atoms with Gasteiger partial charge in [0, 0.05) is 23.9 Å². The third-order valence-corrected chi connectivity index (χ3v) is 3.96. The number of carbonyl (C=O) groups excluding carboxylic acids is 1. The number of anilines is 1. The normalized spacial score (nSPS) is 10.6. The van der Waals surface area contributed by atoms with E-state index in [2.05, 4.69) is 10.4 Å². The number of aromatic hydroxyl groups is 1. The van der Waals surface area contributed by atoms with E-state index in [0.717, 1.165) is 22.6 Å². The summed E-state index contributed by atoms with van der Waals surface area (Å²) in [6, 6.07) is 16.7. The molecule has 1 aromatic heterocycles. The third kappa shape index (κ3) is 4.26. The predicted octanol–water partition coefficient (Wildman–Crippen LogP) is 3.77. The molecule has 0 fully saturated rings. The Labute approximate surface area is 146 Å². The topological polar surface area (TPSA) is 67.2 Å². The van der Waals surface area contributed by atoms with Crippen LogP contribution < -0.4 is 5.32 Å². The first kappa shape index (κ1) is 16.8. The van der Waals surface area contributed by atoms with Crippen molar-refractivity contribution in [1.82, 2.24) is 9.78 Å². The van der Waals surface area contributed by atoms with Gasteiger partial charge in [-0.1, -0.05) is 18.2 Å². The summed E-state index contributed by atoms with van der Waals surface area (Å²) in [6.45, 7) is 4.00. The number of hydrogen-bond acceptors (Lipinski definition) is 3. The molecule has 2 aromatic carbocycles. The fourth-order valence-electron chi connectivity index (χ4n) is 2.76. The highest BCUT2D eigenvalue weighted by atomic mass is 16.3. The van der Waals surface area contributed by atoms with E-state index in [9.17, 15) is 9.90 Å². The Bertz CT molecular complexity index is 882. The van der Waals surface area contributed by atoms with E-state index in [-0.39, 0.29) is 11.7 Å². The molecule has 0 saturated carbocycles. The summed E-state index contributed by atoms with van der Waals surface area (Å²) >= 11 is 0. The van der Waals surface area contributed by atoms with Crippen LogP contribution in [0.4, 0.5) is 5.69 Å². The van der Waals surface area contributed by atoms with E-state index in [1.54, 1.807) is 18.2 Å². The fraction of sp³-hybridized carbons (Fsp3) is 0.200. The van der Waals surface area contributed by atoms with E-state index < -0.39 is 0 Å². The second-order valence-electron chi connectivity index (χ2n) is 6.10. The second kappa shape index (κ2) is 7.21. The van der Waals surface area contributed by atoms with Crippen molar-refractivity contribution in [1.29, 1.82) is 0 Å². The summed E-state index contributed by atoms with van der Waals surface area (Å²) in [5.41, 5.74) is 4.79. The lowest BCUT2D eigenvalue weighted by Gasteiger charge is -2.07. The van der Waals surface area contributed by atoms with Crippen molar-refractivity contribution in [2.24, 2.45) is 0 Å². The van der Waals surface area contributed by atoms with Crippen molar-refractivity contribution >= 4 is 11.6 Å². The van der Waals surface area contributed by atoms with Gasteiger partial charge in [-0.25, -0.2) is 4.68 Å². The minimum Gasteiger partial charge on any atom is -0.508 e. The zero-order valence-electron chi connectivity index (χ0n) is 14.4. The van der Waals surface area contributed by atoms with Crippen LogP contribution >= 0.6 is 0 Å². The van der Waals surface area contributed by atoms with Crippen LogP contribution in [0.5, 0.6) is 5.75 Å². The maximum absolute atomic E-state index is 12.0. The molecule has 2 N–H and O–H groups in total. The zero-order valence-corrected chi connectivity index (χ0v) is 14.4. The number of nitrogens with one attached hydrogen (secondary N) is 1. The van der Waals surface area contributed by atoms with E-state index in [0.29, 0.717) is 18.5 Å². The highest BCUT2D eigenvalue weighted by molar-refractivity contribution is 5.91. The predicted molar refractivity (Wildman–Crippen MR) is 98.1 cm³/mol. The molecule has 5 heteroatoms. The molecular formula is C20H21N3O2. The molecule has 0 saturated heterocycles. The molecule has 0 atom stereocenters. The van der Waals surface area contributed by atoms with E-state index >= 15 is 0 Å². The molecule has 128 valence electrons. The van der Waals surface area contributed by atoms with Crippen LogP contribution in [-0.2, 0) is 11.2 Å².